The maximum atomic E-state index is 11.3. The third kappa shape index (κ3) is 6.54. The van der Waals surface area contributed by atoms with Crippen LogP contribution in [0.4, 0.5) is 5.69 Å². The summed E-state index contributed by atoms with van der Waals surface area (Å²) in [5, 5.41) is 10.8. The number of nitrogens with zero attached hydrogens (tertiary/aromatic N) is 1. The Morgan fingerprint density at radius 1 is 1.00 bits per heavy atom. The van der Waals surface area contributed by atoms with E-state index in [1.54, 1.807) is 19.1 Å². The van der Waals surface area contributed by atoms with Gasteiger partial charge in [0.05, 0.1) is 18.1 Å². The van der Waals surface area contributed by atoms with Gasteiger partial charge in [0.25, 0.3) is 5.69 Å². The quantitative estimate of drug-likeness (QED) is 0.172. The lowest BCUT2D eigenvalue weighted by molar-refractivity contribution is -0.384. The number of nitro benzene ring substituents is 1. The highest BCUT2D eigenvalue weighted by atomic mass is 16.6. The summed E-state index contributed by atoms with van der Waals surface area (Å²) < 4.78 is 11.0. The van der Waals surface area contributed by atoms with Gasteiger partial charge in [-0.3, -0.25) is 10.1 Å². The number of non-ortho nitro benzene ring substituents is 1. The summed E-state index contributed by atoms with van der Waals surface area (Å²) >= 11 is 0. The normalized spacial score (nSPS) is 10.3. The van der Waals surface area contributed by atoms with E-state index in [-0.39, 0.29) is 11.7 Å². The van der Waals surface area contributed by atoms with Crippen molar-refractivity contribution in [3.05, 3.63) is 70.8 Å². The van der Waals surface area contributed by atoms with Crippen LogP contribution in [0.3, 0.4) is 0 Å². The van der Waals surface area contributed by atoms with Crippen LogP contribution in [0.2, 0.25) is 0 Å². The number of para-hydroxylation sites is 1. The first-order valence-corrected chi connectivity index (χ1v) is 9.28. The minimum Gasteiger partial charge on any atom is -0.493 e. The molecule has 0 aromatic heterocycles. The summed E-state index contributed by atoms with van der Waals surface area (Å²) in [7, 11) is 0. The number of hydrogen-bond donors (Lipinski definition) is 0. The lowest BCUT2D eigenvalue weighted by Crippen LogP contribution is -2.06. The van der Waals surface area contributed by atoms with Gasteiger partial charge in [0, 0.05) is 23.3 Å². The molecule has 0 bridgehead atoms. The number of ether oxygens (including phenoxy) is 2. The van der Waals surface area contributed by atoms with Gasteiger partial charge in [0.2, 0.25) is 0 Å². The predicted molar refractivity (Wildman–Crippen MR) is 108 cm³/mol. The molecule has 0 atom stereocenters. The maximum Gasteiger partial charge on any atom is 0.333 e. The zero-order valence-electron chi connectivity index (χ0n) is 16.1. The molecule has 0 saturated heterocycles. The van der Waals surface area contributed by atoms with Crippen LogP contribution >= 0.6 is 0 Å². The Morgan fingerprint density at radius 3 is 2.29 bits per heavy atom. The molecule has 0 aliphatic heterocycles. The Bertz CT molecular complexity index is 814. The summed E-state index contributed by atoms with van der Waals surface area (Å²) in [4.78, 5) is 21.6. The Balaban J connectivity index is 1.77. The molecular weight excluding hydrogens is 358 g/mol. The number of hydrogen-bond acceptors (Lipinski definition) is 5. The molecule has 0 fully saturated rings. The molecule has 0 heterocycles. The van der Waals surface area contributed by atoms with Crippen LogP contribution in [0, 0.1) is 10.1 Å². The van der Waals surface area contributed by atoms with Gasteiger partial charge in [-0.25, -0.2) is 4.79 Å². The van der Waals surface area contributed by atoms with Crippen LogP contribution in [0.5, 0.6) is 5.75 Å². The predicted octanol–water partition coefficient (Wildman–Crippen LogP) is 5.32. The standard InChI is InChI=1S/C22H25NO5/c1-17(2)22(24)28-16-8-4-3-7-15-27-21-10-6-5-9-20(21)18-11-13-19(14-12-18)23(25)26/h5-6,9-14H,1,3-4,7-8,15-16H2,2H3. The van der Waals surface area contributed by atoms with E-state index in [0.29, 0.717) is 18.8 Å². The van der Waals surface area contributed by atoms with Crippen LogP contribution in [0.1, 0.15) is 32.6 Å². The number of nitro groups is 1. The molecule has 2 rings (SSSR count). The fourth-order valence-electron chi connectivity index (χ4n) is 2.62. The van der Waals surface area contributed by atoms with Gasteiger partial charge in [-0.15, -0.1) is 0 Å². The number of benzene rings is 2. The minimum absolute atomic E-state index is 0.0658. The largest absolute Gasteiger partial charge is 0.493 e. The van der Waals surface area contributed by atoms with Crippen molar-refractivity contribution in [2.45, 2.75) is 32.6 Å². The van der Waals surface area contributed by atoms with E-state index in [9.17, 15) is 14.9 Å². The van der Waals surface area contributed by atoms with Crippen molar-refractivity contribution in [1.82, 2.24) is 0 Å². The van der Waals surface area contributed by atoms with Gasteiger partial charge < -0.3 is 9.47 Å². The SMILES string of the molecule is C=C(C)C(=O)OCCCCCCOc1ccccc1-c1ccc([N+](=O)[O-])cc1. The van der Waals surface area contributed by atoms with E-state index in [1.807, 2.05) is 24.3 Å². The van der Waals surface area contributed by atoms with Gasteiger partial charge in [0.1, 0.15) is 5.75 Å². The number of carbonyl (C=O) groups is 1. The Hall–Kier alpha value is -3.15. The summed E-state index contributed by atoms with van der Waals surface area (Å²) in [6.07, 6.45) is 3.64. The van der Waals surface area contributed by atoms with Gasteiger partial charge in [-0.1, -0.05) is 24.8 Å². The van der Waals surface area contributed by atoms with Crippen LogP contribution < -0.4 is 4.74 Å². The van der Waals surface area contributed by atoms with Crippen LogP contribution in [-0.2, 0) is 9.53 Å². The van der Waals surface area contributed by atoms with Crippen molar-refractivity contribution in [2.24, 2.45) is 0 Å². The van der Waals surface area contributed by atoms with Crippen molar-refractivity contribution in [3.8, 4) is 16.9 Å². The second kappa shape index (κ2) is 10.9. The molecule has 0 aliphatic carbocycles. The van der Waals surface area contributed by atoms with Crippen molar-refractivity contribution in [1.29, 1.82) is 0 Å². The van der Waals surface area contributed by atoms with Gasteiger partial charge in [-0.05, 0) is 56.4 Å². The third-order valence-corrected chi connectivity index (χ3v) is 4.15. The fourth-order valence-corrected chi connectivity index (χ4v) is 2.62. The summed E-state index contributed by atoms with van der Waals surface area (Å²) in [6, 6.07) is 14.1. The van der Waals surface area contributed by atoms with Crippen molar-refractivity contribution < 1.29 is 19.2 Å². The number of rotatable bonds is 11. The lowest BCUT2D eigenvalue weighted by atomic mass is 10.0. The average molecular weight is 383 g/mol. The van der Waals surface area contributed by atoms with Crippen LogP contribution in [0.25, 0.3) is 11.1 Å². The second-order valence-electron chi connectivity index (χ2n) is 6.48. The third-order valence-electron chi connectivity index (χ3n) is 4.15. The Morgan fingerprint density at radius 2 is 1.64 bits per heavy atom. The molecule has 0 N–H and O–H groups in total. The van der Waals surface area contributed by atoms with E-state index in [2.05, 4.69) is 6.58 Å². The molecule has 0 amide bonds. The highest BCUT2D eigenvalue weighted by Gasteiger charge is 2.09. The van der Waals surface area contributed by atoms with E-state index >= 15 is 0 Å². The first-order valence-electron chi connectivity index (χ1n) is 9.28. The van der Waals surface area contributed by atoms with Crippen LogP contribution in [0.15, 0.2) is 60.7 Å². The highest BCUT2D eigenvalue weighted by molar-refractivity contribution is 5.86. The maximum absolute atomic E-state index is 11.3. The molecule has 2 aromatic rings. The van der Waals surface area contributed by atoms with Crippen molar-refractivity contribution >= 4 is 11.7 Å². The first kappa shape index (κ1) is 21.2. The van der Waals surface area contributed by atoms with E-state index < -0.39 is 4.92 Å². The van der Waals surface area contributed by atoms with Gasteiger partial charge >= 0.3 is 5.97 Å². The zero-order valence-corrected chi connectivity index (χ0v) is 16.1. The molecule has 28 heavy (non-hydrogen) atoms. The molecule has 148 valence electrons. The highest BCUT2D eigenvalue weighted by Crippen LogP contribution is 2.31. The monoisotopic (exact) mass is 383 g/mol. The first-order chi connectivity index (χ1) is 13.5. The average Bonchev–Trinajstić information content (AvgIpc) is 2.70. The summed E-state index contributed by atoms with van der Waals surface area (Å²) in [6.45, 7) is 6.17. The summed E-state index contributed by atoms with van der Waals surface area (Å²) in [5.74, 6) is 0.415. The topological polar surface area (TPSA) is 78.7 Å². The van der Waals surface area contributed by atoms with Gasteiger partial charge in [0.15, 0.2) is 0 Å². The zero-order chi connectivity index (χ0) is 20.4. The molecule has 6 nitrogen and oxygen atoms in total. The minimum atomic E-state index is -0.411. The smallest absolute Gasteiger partial charge is 0.333 e. The second-order valence-corrected chi connectivity index (χ2v) is 6.48. The van der Waals surface area contributed by atoms with E-state index in [1.165, 1.54) is 12.1 Å². The molecular formula is C22H25NO5. The molecule has 6 heteroatoms. The molecule has 2 aromatic carbocycles. The molecule has 0 radical (unpaired) electrons. The molecule has 0 unspecified atom stereocenters. The van der Waals surface area contributed by atoms with Gasteiger partial charge in [-0.2, -0.15) is 0 Å². The lowest BCUT2D eigenvalue weighted by Gasteiger charge is -2.11. The number of carbonyl (C=O) groups excluding carboxylic acids is 1. The van der Waals surface area contributed by atoms with E-state index in [4.69, 9.17) is 9.47 Å². The number of unbranched alkanes of at least 4 members (excludes halogenated alkanes) is 3. The van der Waals surface area contributed by atoms with Crippen LogP contribution in [-0.4, -0.2) is 24.1 Å². The van der Waals surface area contributed by atoms with Crippen molar-refractivity contribution in [3.63, 3.8) is 0 Å². The van der Waals surface area contributed by atoms with E-state index in [0.717, 1.165) is 42.6 Å². The molecule has 0 saturated carbocycles. The molecule has 0 spiro atoms. The molecule has 0 aliphatic rings. The Labute approximate surface area is 164 Å². The Kier molecular flexibility index (Phi) is 8.21. The fraction of sp³-hybridized carbons (Fsp3) is 0.318. The summed E-state index contributed by atoms with van der Waals surface area (Å²) in [5.41, 5.74) is 2.26. The number of esters is 1. The van der Waals surface area contributed by atoms with Crippen molar-refractivity contribution in [2.75, 3.05) is 13.2 Å².